The van der Waals surface area contributed by atoms with Crippen LogP contribution in [-0.2, 0) is 28.7 Å². The lowest BCUT2D eigenvalue weighted by Crippen LogP contribution is -2.48. The summed E-state index contributed by atoms with van der Waals surface area (Å²) in [7, 11) is 0. The quantitative estimate of drug-likeness (QED) is 0.361. The van der Waals surface area contributed by atoms with Gasteiger partial charge in [-0.15, -0.1) is 0 Å². The second-order valence-corrected chi connectivity index (χ2v) is 10.5. The average molecular weight is 582 g/mol. The number of fused-ring (bicyclic) bond motifs is 2. The number of rotatable bonds is 7. The highest BCUT2D eigenvalue weighted by atomic mass is 19.4. The van der Waals surface area contributed by atoms with Crippen molar-refractivity contribution >= 4 is 11.8 Å². The van der Waals surface area contributed by atoms with E-state index in [2.05, 4.69) is 22.9 Å². The van der Waals surface area contributed by atoms with Crippen molar-refractivity contribution in [1.29, 1.82) is 0 Å². The van der Waals surface area contributed by atoms with Crippen LogP contribution in [0.5, 0.6) is 5.75 Å². The largest absolute Gasteiger partial charge is 0.493 e. The number of nitrogens with one attached hydrogen (secondary N) is 3. The number of amides is 2. The first kappa shape index (κ1) is 32.3. The number of carbonyl (C=O) groups is 2. The lowest BCUT2D eigenvalue weighted by Gasteiger charge is -2.25. The maximum absolute atomic E-state index is 14.5. The molecule has 0 radical (unpaired) electrons. The van der Waals surface area contributed by atoms with Gasteiger partial charge in [0.25, 0.3) is 0 Å². The summed E-state index contributed by atoms with van der Waals surface area (Å²) in [5.41, 5.74) is 0.128. The number of aliphatic hydroxyl groups excluding tert-OH is 1. The number of carbonyl (C=O) groups excluding carboxylic acids is 2. The maximum atomic E-state index is 14.5. The van der Waals surface area contributed by atoms with Crippen LogP contribution in [0, 0.1) is 11.7 Å². The number of hydrogen-bond donors (Lipinski definition) is 4. The molecule has 2 amide bonds. The van der Waals surface area contributed by atoms with Gasteiger partial charge in [0.05, 0.1) is 24.3 Å². The molecular formula is C30H39F4N3O4. The van der Waals surface area contributed by atoms with E-state index in [9.17, 15) is 32.3 Å². The Bertz CT molecular complexity index is 1140. The highest BCUT2D eigenvalue weighted by molar-refractivity contribution is 5.79. The molecule has 0 aromatic heterocycles. The van der Waals surface area contributed by atoms with Crippen molar-refractivity contribution in [1.82, 2.24) is 16.0 Å². The molecule has 2 aromatic rings. The molecule has 3 rings (SSSR count). The Balaban J connectivity index is 1.73. The summed E-state index contributed by atoms with van der Waals surface area (Å²) in [4.78, 5) is 24.9. The fourth-order valence-corrected chi connectivity index (χ4v) is 4.85. The van der Waals surface area contributed by atoms with Crippen LogP contribution in [-0.4, -0.2) is 48.8 Å². The second-order valence-electron chi connectivity index (χ2n) is 10.5. The van der Waals surface area contributed by atoms with E-state index in [1.54, 1.807) is 12.1 Å². The van der Waals surface area contributed by atoms with Crippen molar-refractivity contribution in [2.45, 2.75) is 76.7 Å². The third kappa shape index (κ3) is 11.3. The number of alkyl halides is 3. The first-order chi connectivity index (χ1) is 19.5. The first-order valence-corrected chi connectivity index (χ1v) is 14.1. The average Bonchev–Trinajstić information content (AvgIpc) is 2.90. The fourth-order valence-electron chi connectivity index (χ4n) is 4.85. The zero-order valence-corrected chi connectivity index (χ0v) is 23.2. The summed E-state index contributed by atoms with van der Waals surface area (Å²) in [6, 6.07) is 8.31. The Morgan fingerprint density at radius 3 is 2.66 bits per heavy atom. The number of hydrogen-bond acceptors (Lipinski definition) is 5. The van der Waals surface area contributed by atoms with E-state index >= 15 is 0 Å². The summed E-state index contributed by atoms with van der Waals surface area (Å²) in [5.74, 6) is -0.542. The minimum Gasteiger partial charge on any atom is -0.493 e. The van der Waals surface area contributed by atoms with Gasteiger partial charge in [-0.25, -0.2) is 4.39 Å². The standard InChI is InChI=1S/C30H39F4N3O4/c1-2-5-20-10-11-36-28(39)8-4-9-29(40)37-26(15-22-13-24(31)16-25(14-22)41-19-20)27(38)18-35-17-21-6-3-7-23(12-21)30(32,33)34/h3,6-7,12-14,16,20,26-27,35,38H,2,4-5,8-11,15,17-19H2,1H3,(H,36,39)(H,37,40). The molecule has 0 saturated carbocycles. The number of halogens is 4. The van der Waals surface area contributed by atoms with Gasteiger partial charge in [-0.05, 0) is 60.9 Å². The van der Waals surface area contributed by atoms with Crippen LogP contribution in [0.4, 0.5) is 17.6 Å². The molecule has 1 heterocycles. The van der Waals surface area contributed by atoms with Crippen LogP contribution in [0.2, 0.25) is 0 Å². The highest BCUT2D eigenvalue weighted by Crippen LogP contribution is 2.29. The van der Waals surface area contributed by atoms with E-state index in [4.69, 9.17) is 4.74 Å². The topological polar surface area (TPSA) is 99.7 Å². The van der Waals surface area contributed by atoms with Gasteiger partial charge in [0.15, 0.2) is 0 Å². The van der Waals surface area contributed by atoms with E-state index in [-0.39, 0.29) is 50.1 Å². The lowest BCUT2D eigenvalue weighted by atomic mass is 9.99. The molecule has 4 N–H and O–H groups in total. The van der Waals surface area contributed by atoms with Gasteiger partial charge in [0.2, 0.25) is 11.8 Å². The molecule has 3 atom stereocenters. The van der Waals surface area contributed by atoms with Crippen LogP contribution in [0.15, 0.2) is 42.5 Å². The van der Waals surface area contributed by atoms with Gasteiger partial charge in [-0.1, -0.05) is 31.5 Å². The maximum Gasteiger partial charge on any atom is 0.416 e. The normalized spacial score (nSPS) is 20.3. The highest BCUT2D eigenvalue weighted by Gasteiger charge is 2.30. The summed E-state index contributed by atoms with van der Waals surface area (Å²) in [5, 5.41) is 19.6. The van der Waals surface area contributed by atoms with Crippen LogP contribution < -0.4 is 20.7 Å². The Kier molecular flexibility index (Phi) is 12.4. The predicted octanol–water partition coefficient (Wildman–Crippen LogP) is 4.51. The van der Waals surface area contributed by atoms with Crippen molar-refractivity contribution in [2.75, 3.05) is 19.7 Å². The SMILES string of the molecule is CCCC1CCNC(=O)CCCC(=O)NC(C(O)CNCc2cccc(C(F)(F)F)c2)Cc2cc(F)cc(c2)OC1. The molecule has 0 aliphatic carbocycles. The summed E-state index contributed by atoms with van der Waals surface area (Å²) >= 11 is 0. The molecule has 0 fully saturated rings. The van der Waals surface area contributed by atoms with Crippen LogP contribution in [0.25, 0.3) is 0 Å². The van der Waals surface area contributed by atoms with Gasteiger partial charge in [0.1, 0.15) is 11.6 Å². The lowest BCUT2D eigenvalue weighted by molar-refractivity contribution is -0.137. The smallest absolute Gasteiger partial charge is 0.416 e. The molecular weight excluding hydrogens is 542 g/mol. The van der Waals surface area contributed by atoms with Gasteiger partial charge in [-0.2, -0.15) is 13.2 Å². The van der Waals surface area contributed by atoms with Crippen molar-refractivity contribution in [3.63, 3.8) is 0 Å². The zero-order valence-electron chi connectivity index (χ0n) is 23.2. The van der Waals surface area contributed by atoms with Crippen molar-refractivity contribution < 1.29 is 37.0 Å². The van der Waals surface area contributed by atoms with Crippen molar-refractivity contribution in [2.24, 2.45) is 5.92 Å². The predicted molar refractivity (Wildman–Crippen MR) is 147 cm³/mol. The first-order valence-electron chi connectivity index (χ1n) is 14.1. The Hall–Kier alpha value is -3.18. The van der Waals surface area contributed by atoms with Crippen molar-refractivity contribution in [3.05, 3.63) is 65.0 Å². The molecule has 2 bridgehead atoms. The molecule has 1 aliphatic rings. The third-order valence-corrected chi connectivity index (χ3v) is 7.00. The Labute approximate surface area is 238 Å². The van der Waals surface area contributed by atoms with Crippen molar-refractivity contribution in [3.8, 4) is 5.75 Å². The second kappa shape index (κ2) is 15.7. The minimum atomic E-state index is -4.46. The van der Waals surface area contributed by atoms with E-state index in [0.717, 1.165) is 25.0 Å². The van der Waals surface area contributed by atoms with E-state index < -0.39 is 29.7 Å². The van der Waals surface area contributed by atoms with Crippen LogP contribution in [0.3, 0.4) is 0 Å². The Morgan fingerprint density at radius 1 is 1.12 bits per heavy atom. The van der Waals surface area contributed by atoms with Gasteiger partial charge in [0, 0.05) is 38.5 Å². The molecule has 2 aromatic carbocycles. The fraction of sp³-hybridized carbons (Fsp3) is 0.533. The van der Waals surface area contributed by atoms with Crippen LogP contribution in [0.1, 0.15) is 62.1 Å². The number of ether oxygens (including phenoxy) is 1. The van der Waals surface area contributed by atoms with Gasteiger partial charge in [-0.3, -0.25) is 9.59 Å². The Morgan fingerprint density at radius 2 is 1.90 bits per heavy atom. The molecule has 11 heteroatoms. The molecule has 0 spiro atoms. The van der Waals surface area contributed by atoms with Crippen LogP contribution >= 0.6 is 0 Å². The number of benzene rings is 2. The summed E-state index contributed by atoms with van der Waals surface area (Å²) < 4.78 is 59.5. The van der Waals surface area contributed by atoms with Gasteiger partial charge >= 0.3 is 6.18 Å². The molecule has 0 saturated heterocycles. The van der Waals surface area contributed by atoms with E-state index in [1.165, 1.54) is 18.2 Å². The number of aliphatic hydroxyl groups is 1. The van der Waals surface area contributed by atoms with E-state index in [0.29, 0.717) is 42.9 Å². The third-order valence-electron chi connectivity index (χ3n) is 7.00. The minimum absolute atomic E-state index is 0.0407. The van der Waals surface area contributed by atoms with E-state index in [1.807, 2.05) is 0 Å². The summed E-state index contributed by atoms with van der Waals surface area (Å²) in [6.45, 7) is 2.92. The molecule has 7 nitrogen and oxygen atoms in total. The monoisotopic (exact) mass is 581 g/mol. The summed E-state index contributed by atoms with van der Waals surface area (Å²) in [6.07, 6.45) is -2.42. The van der Waals surface area contributed by atoms with Gasteiger partial charge < -0.3 is 25.8 Å². The molecule has 226 valence electrons. The molecule has 3 unspecified atom stereocenters. The molecule has 41 heavy (non-hydrogen) atoms. The zero-order chi connectivity index (χ0) is 29.8. The molecule has 1 aliphatic heterocycles.